The van der Waals surface area contributed by atoms with Gasteiger partial charge in [-0.3, -0.25) is 0 Å². The molecule has 0 saturated heterocycles. The zero-order valence-corrected chi connectivity index (χ0v) is 8.64. The van der Waals surface area contributed by atoms with Crippen LogP contribution in [0, 0.1) is 24.4 Å². The van der Waals surface area contributed by atoms with Crippen LogP contribution in [-0.2, 0) is 4.79 Å². The Balaban J connectivity index is 3.37. The first-order valence-corrected chi connectivity index (χ1v) is 4.40. The maximum Gasteiger partial charge on any atom is 0.331 e. The van der Waals surface area contributed by atoms with Crippen molar-refractivity contribution in [2.24, 2.45) is 0 Å². The molecule has 0 unspecified atom stereocenters. The number of aliphatic carboxylic acids is 1. The van der Waals surface area contributed by atoms with Crippen molar-refractivity contribution in [3.63, 3.8) is 0 Å². The van der Waals surface area contributed by atoms with Crippen LogP contribution in [0.25, 0.3) is 6.08 Å². The summed E-state index contributed by atoms with van der Waals surface area (Å²) in [6.07, 6.45) is 0.878. The average molecular weight is 230 g/mol. The molecular weight excluding hydrogens is 221 g/mol. The number of carbonyl (C=O) groups is 1. The third-order valence-electron chi connectivity index (χ3n) is 2.13. The molecule has 1 aromatic rings. The highest BCUT2D eigenvalue weighted by molar-refractivity contribution is 5.91. The van der Waals surface area contributed by atoms with E-state index in [1.807, 2.05) is 0 Å². The van der Waals surface area contributed by atoms with Gasteiger partial charge in [-0.2, -0.15) is 0 Å². The van der Waals surface area contributed by atoms with E-state index in [0.717, 1.165) is 19.1 Å². The van der Waals surface area contributed by atoms with E-state index in [4.69, 9.17) is 5.11 Å². The Bertz CT molecular complexity index is 479. The number of rotatable bonds is 2. The Labute approximate surface area is 90.0 Å². The fourth-order valence-corrected chi connectivity index (χ4v) is 1.10. The van der Waals surface area contributed by atoms with Crippen molar-refractivity contribution < 1.29 is 23.1 Å². The molecule has 0 heterocycles. The standard InChI is InChI=1S/C11H9F3O2/c1-5(11(15)16)3-7-4-8(12)6(2)9(13)10(7)14/h3-4H,1-2H3,(H,15,16)/b5-3+. The van der Waals surface area contributed by atoms with Crippen molar-refractivity contribution >= 4 is 12.0 Å². The summed E-state index contributed by atoms with van der Waals surface area (Å²) in [6.45, 7) is 2.31. The van der Waals surface area contributed by atoms with Gasteiger partial charge < -0.3 is 5.11 Å². The van der Waals surface area contributed by atoms with Crippen molar-refractivity contribution in [2.75, 3.05) is 0 Å². The second-order valence-electron chi connectivity index (χ2n) is 3.33. The van der Waals surface area contributed by atoms with Crippen LogP contribution in [0.4, 0.5) is 13.2 Å². The SMILES string of the molecule is C/C(=C\c1cc(F)c(C)c(F)c1F)C(=O)O. The Morgan fingerprint density at radius 1 is 1.31 bits per heavy atom. The molecule has 0 bridgehead atoms. The van der Waals surface area contributed by atoms with E-state index in [1.165, 1.54) is 6.92 Å². The van der Waals surface area contributed by atoms with Gasteiger partial charge in [0.1, 0.15) is 5.82 Å². The molecule has 0 saturated carbocycles. The molecule has 5 heteroatoms. The lowest BCUT2D eigenvalue weighted by molar-refractivity contribution is -0.132. The minimum atomic E-state index is -1.30. The minimum absolute atomic E-state index is 0.207. The highest BCUT2D eigenvalue weighted by Crippen LogP contribution is 2.21. The molecule has 0 atom stereocenters. The van der Waals surface area contributed by atoms with Gasteiger partial charge in [0.25, 0.3) is 0 Å². The first kappa shape index (κ1) is 12.3. The topological polar surface area (TPSA) is 37.3 Å². The lowest BCUT2D eigenvalue weighted by atomic mass is 10.1. The van der Waals surface area contributed by atoms with Gasteiger partial charge in [-0.25, -0.2) is 18.0 Å². The summed E-state index contributed by atoms with van der Waals surface area (Å²) in [7, 11) is 0. The van der Waals surface area contributed by atoms with Crippen molar-refractivity contribution in [3.8, 4) is 0 Å². The number of hydrogen-bond donors (Lipinski definition) is 1. The van der Waals surface area contributed by atoms with Crippen LogP contribution in [0.1, 0.15) is 18.1 Å². The van der Waals surface area contributed by atoms with Gasteiger partial charge in [0.2, 0.25) is 0 Å². The van der Waals surface area contributed by atoms with E-state index in [2.05, 4.69) is 0 Å². The third-order valence-corrected chi connectivity index (χ3v) is 2.13. The quantitative estimate of drug-likeness (QED) is 0.626. The van der Waals surface area contributed by atoms with Gasteiger partial charge >= 0.3 is 5.97 Å². The second kappa shape index (κ2) is 4.38. The molecular formula is C11H9F3O2. The molecule has 0 aliphatic rings. The maximum absolute atomic E-state index is 13.3. The van der Waals surface area contributed by atoms with E-state index in [-0.39, 0.29) is 5.57 Å². The van der Waals surface area contributed by atoms with Gasteiger partial charge in [0.05, 0.1) is 0 Å². The number of hydrogen-bond acceptors (Lipinski definition) is 1. The van der Waals surface area contributed by atoms with Crippen LogP contribution in [0.5, 0.6) is 0 Å². The van der Waals surface area contributed by atoms with Crippen molar-refractivity contribution in [1.29, 1.82) is 0 Å². The fourth-order valence-electron chi connectivity index (χ4n) is 1.10. The lowest BCUT2D eigenvalue weighted by Crippen LogP contribution is -2.00. The van der Waals surface area contributed by atoms with Gasteiger partial charge in [-0.1, -0.05) is 0 Å². The molecule has 1 aromatic carbocycles. The molecule has 16 heavy (non-hydrogen) atoms. The predicted octanol–water partition coefficient (Wildman–Crippen LogP) is 2.90. The summed E-state index contributed by atoms with van der Waals surface area (Å²) in [5, 5.41) is 8.55. The van der Waals surface area contributed by atoms with Crippen LogP contribution in [0.2, 0.25) is 0 Å². The van der Waals surface area contributed by atoms with Crippen LogP contribution >= 0.6 is 0 Å². The molecule has 0 aliphatic heterocycles. The molecule has 1 rings (SSSR count). The molecule has 0 aliphatic carbocycles. The Hall–Kier alpha value is -1.78. The van der Waals surface area contributed by atoms with Crippen LogP contribution in [0.15, 0.2) is 11.6 Å². The monoisotopic (exact) mass is 230 g/mol. The lowest BCUT2D eigenvalue weighted by Gasteiger charge is -2.04. The summed E-state index contributed by atoms with van der Waals surface area (Å²) < 4.78 is 39.5. The first-order valence-electron chi connectivity index (χ1n) is 4.40. The molecule has 0 fully saturated rings. The molecule has 0 spiro atoms. The molecule has 0 amide bonds. The normalized spacial score (nSPS) is 11.7. The van der Waals surface area contributed by atoms with Crippen molar-refractivity contribution in [2.45, 2.75) is 13.8 Å². The summed E-state index contributed by atoms with van der Waals surface area (Å²) in [4.78, 5) is 10.5. The molecule has 0 aromatic heterocycles. The number of benzene rings is 1. The Morgan fingerprint density at radius 2 is 1.88 bits per heavy atom. The Kier molecular flexibility index (Phi) is 3.37. The maximum atomic E-state index is 13.3. The van der Waals surface area contributed by atoms with E-state index in [9.17, 15) is 18.0 Å². The summed E-state index contributed by atoms with van der Waals surface area (Å²) in [5.74, 6) is -4.74. The van der Waals surface area contributed by atoms with Gasteiger partial charge in [0.15, 0.2) is 11.6 Å². The smallest absolute Gasteiger partial charge is 0.331 e. The van der Waals surface area contributed by atoms with Crippen molar-refractivity contribution in [1.82, 2.24) is 0 Å². The minimum Gasteiger partial charge on any atom is -0.478 e. The number of carboxylic acid groups (broad SMARTS) is 1. The van der Waals surface area contributed by atoms with E-state index >= 15 is 0 Å². The second-order valence-corrected chi connectivity index (χ2v) is 3.33. The predicted molar refractivity (Wildman–Crippen MR) is 52.3 cm³/mol. The molecule has 86 valence electrons. The largest absolute Gasteiger partial charge is 0.478 e. The summed E-state index contributed by atoms with van der Waals surface area (Å²) in [5.41, 5.74) is -1.05. The highest BCUT2D eigenvalue weighted by atomic mass is 19.2. The molecule has 1 N–H and O–H groups in total. The fraction of sp³-hybridized carbons (Fsp3) is 0.182. The van der Waals surface area contributed by atoms with E-state index in [1.54, 1.807) is 0 Å². The average Bonchev–Trinajstić information content (AvgIpc) is 2.22. The van der Waals surface area contributed by atoms with Gasteiger partial charge in [-0.15, -0.1) is 0 Å². The summed E-state index contributed by atoms with van der Waals surface area (Å²) in [6, 6.07) is 0.764. The first-order chi connectivity index (χ1) is 7.34. The highest BCUT2D eigenvalue weighted by Gasteiger charge is 2.15. The van der Waals surface area contributed by atoms with E-state index < -0.39 is 34.5 Å². The molecule has 2 nitrogen and oxygen atoms in total. The van der Waals surface area contributed by atoms with Crippen LogP contribution in [0.3, 0.4) is 0 Å². The van der Waals surface area contributed by atoms with Gasteiger partial charge in [0, 0.05) is 16.7 Å². The van der Waals surface area contributed by atoms with Crippen LogP contribution in [-0.4, -0.2) is 11.1 Å². The van der Waals surface area contributed by atoms with Crippen LogP contribution < -0.4 is 0 Å². The zero-order valence-electron chi connectivity index (χ0n) is 8.64. The Morgan fingerprint density at radius 3 is 2.38 bits per heavy atom. The third kappa shape index (κ3) is 2.24. The van der Waals surface area contributed by atoms with Crippen molar-refractivity contribution in [3.05, 3.63) is 40.2 Å². The van der Waals surface area contributed by atoms with Gasteiger partial charge in [-0.05, 0) is 26.0 Å². The number of halogens is 3. The summed E-state index contributed by atoms with van der Waals surface area (Å²) >= 11 is 0. The molecule has 0 radical (unpaired) electrons. The van der Waals surface area contributed by atoms with E-state index in [0.29, 0.717) is 0 Å². The number of carboxylic acids is 1. The zero-order chi connectivity index (χ0) is 12.5.